The molecule has 1 saturated heterocycles. The Morgan fingerprint density at radius 3 is 3.14 bits per heavy atom. The maximum absolute atomic E-state index is 5.54. The average molecular weight is 259 g/mol. The van der Waals surface area contributed by atoms with Crippen molar-refractivity contribution in [3.8, 4) is 0 Å². The third kappa shape index (κ3) is 2.30. The van der Waals surface area contributed by atoms with Gasteiger partial charge in [0.1, 0.15) is 0 Å². The van der Waals surface area contributed by atoms with E-state index < -0.39 is 0 Å². The van der Waals surface area contributed by atoms with Crippen molar-refractivity contribution in [2.24, 2.45) is 0 Å². The lowest BCUT2D eigenvalue weighted by Gasteiger charge is -2.21. The molecule has 0 amide bonds. The second-order valence-electron chi connectivity index (χ2n) is 3.73. The van der Waals surface area contributed by atoms with Gasteiger partial charge in [-0.1, -0.05) is 0 Å². The molecule has 1 unspecified atom stereocenters. The fourth-order valence-electron chi connectivity index (χ4n) is 1.78. The van der Waals surface area contributed by atoms with Crippen molar-refractivity contribution in [3.05, 3.63) is 16.8 Å². The normalized spacial score (nSPS) is 23.6. The zero-order valence-electron chi connectivity index (χ0n) is 8.29. The maximum Gasteiger partial charge on any atom is 0.197 e. The van der Waals surface area contributed by atoms with Crippen LogP contribution < -0.4 is 10.2 Å². The third-order valence-corrected chi connectivity index (χ3v) is 2.89. The van der Waals surface area contributed by atoms with E-state index in [1.807, 2.05) is 12.1 Å². The van der Waals surface area contributed by atoms with E-state index in [0.717, 1.165) is 30.2 Å². The molecule has 4 heteroatoms. The van der Waals surface area contributed by atoms with Crippen molar-refractivity contribution in [1.29, 1.82) is 0 Å². The first kappa shape index (κ1) is 10.1. The van der Waals surface area contributed by atoms with E-state index in [1.54, 1.807) is 0 Å². The number of halogens is 1. The van der Waals surface area contributed by atoms with Crippen LogP contribution in [-0.2, 0) is 0 Å². The number of hydrogen-bond acceptors (Lipinski definition) is 3. The van der Waals surface area contributed by atoms with Crippen molar-refractivity contribution in [1.82, 2.24) is 5.32 Å². The molecule has 2 rings (SSSR count). The van der Waals surface area contributed by atoms with Gasteiger partial charge in [0.2, 0.25) is 0 Å². The van der Waals surface area contributed by atoms with Gasteiger partial charge < -0.3 is 14.6 Å². The van der Waals surface area contributed by atoms with Gasteiger partial charge in [-0.15, -0.1) is 0 Å². The molecular weight excluding hydrogens is 244 g/mol. The Morgan fingerprint density at radius 1 is 1.57 bits per heavy atom. The number of nitrogens with zero attached hydrogens (tertiary/aromatic N) is 1. The summed E-state index contributed by atoms with van der Waals surface area (Å²) >= 11 is 3.32. The molecule has 0 spiro atoms. The number of furan rings is 1. The van der Waals surface area contributed by atoms with Crippen molar-refractivity contribution in [2.45, 2.75) is 19.4 Å². The lowest BCUT2D eigenvalue weighted by Crippen LogP contribution is -2.35. The van der Waals surface area contributed by atoms with Gasteiger partial charge in [-0.2, -0.15) is 0 Å². The van der Waals surface area contributed by atoms with Crippen LogP contribution >= 0.6 is 15.9 Å². The van der Waals surface area contributed by atoms with Gasteiger partial charge in [0.25, 0.3) is 0 Å². The van der Waals surface area contributed by atoms with E-state index in [2.05, 4.69) is 33.1 Å². The summed E-state index contributed by atoms with van der Waals surface area (Å²) in [6.45, 7) is 5.38. The van der Waals surface area contributed by atoms with E-state index in [4.69, 9.17) is 4.42 Å². The Kier molecular flexibility index (Phi) is 3.13. The second-order valence-corrected chi connectivity index (χ2v) is 4.51. The highest BCUT2D eigenvalue weighted by atomic mass is 79.9. The molecule has 0 aliphatic carbocycles. The molecule has 0 bridgehead atoms. The predicted octanol–water partition coefficient (Wildman–Crippen LogP) is 2.23. The number of hydrogen-bond donors (Lipinski definition) is 1. The fraction of sp³-hybridized carbons (Fsp3) is 0.600. The Labute approximate surface area is 92.6 Å². The van der Waals surface area contributed by atoms with Gasteiger partial charge in [-0.25, -0.2) is 0 Å². The highest BCUT2D eigenvalue weighted by Crippen LogP contribution is 2.23. The van der Waals surface area contributed by atoms with Crippen LogP contribution in [0, 0.1) is 0 Å². The highest BCUT2D eigenvalue weighted by molar-refractivity contribution is 9.10. The van der Waals surface area contributed by atoms with Gasteiger partial charge in [0.05, 0.1) is 0 Å². The fourth-order valence-corrected chi connectivity index (χ4v) is 2.08. The number of rotatable bonds is 1. The van der Waals surface area contributed by atoms with Crippen molar-refractivity contribution in [2.75, 3.05) is 24.5 Å². The van der Waals surface area contributed by atoms with Crippen molar-refractivity contribution < 1.29 is 4.42 Å². The molecule has 0 radical (unpaired) electrons. The summed E-state index contributed by atoms with van der Waals surface area (Å²) in [6.07, 6.45) is 1.17. The van der Waals surface area contributed by atoms with E-state index >= 15 is 0 Å². The summed E-state index contributed by atoms with van der Waals surface area (Å²) in [6, 6.07) is 4.49. The van der Waals surface area contributed by atoms with Gasteiger partial charge in [0.15, 0.2) is 10.6 Å². The van der Waals surface area contributed by atoms with Crippen LogP contribution in [0.2, 0.25) is 0 Å². The number of nitrogens with one attached hydrogen (secondary N) is 1. The van der Waals surface area contributed by atoms with Crippen LogP contribution in [0.4, 0.5) is 5.88 Å². The van der Waals surface area contributed by atoms with E-state index in [9.17, 15) is 0 Å². The summed E-state index contributed by atoms with van der Waals surface area (Å²) in [7, 11) is 0. The molecule has 1 aliphatic heterocycles. The molecular formula is C10H15BrN2O. The van der Waals surface area contributed by atoms with E-state index in [-0.39, 0.29) is 0 Å². The minimum absolute atomic E-state index is 0.529. The smallest absolute Gasteiger partial charge is 0.197 e. The van der Waals surface area contributed by atoms with Crippen LogP contribution in [0.5, 0.6) is 0 Å². The van der Waals surface area contributed by atoms with Gasteiger partial charge in [-0.05, 0) is 41.9 Å². The maximum atomic E-state index is 5.54. The monoisotopic (exact) mass is 258 g/mol. The third-order valence-electron chi connectivity index (χ3n) is 2.46. The van der Waals surface area contributed by atoms with Crippen LogP contribution in [0.15, 0.2) is 21.2 Å². The zero-order valence-corrected chi connectivity index (χ0v) is 9.88. The van der Waals surface area contributed by atoms with E-state index in [0.29, 0.717) is 6.04 Å². The topological polar surface area (TPSA) is 28.4 Å². The SMILES string of the molecule is CC1CN(c2ccc(Br)o2)CCCN1. The first-order valence-electron chi connectivity index (χ1n) is 4.99. The van der Waals surface area contributed by atoms with Crippen LogP contribution in [0.25, 0.3) is 0 Å². The predicted molar refractivity (Wildman–Crippen MR) is 60.7 cm³/mol. The summed E-state index contributed by atoms with van der Waals surface area (Å²) in [5.74, 6) is 0.965. The lowest BCUT2D eigenvalue weighted by atomic mass is 10.3. The molecule has 1 aliphatic rings. The molecule has 1 atom stereocenters. The summed E-state index contributed by atoms with van der Waals surface area (Å²) in [5, 5.41) is 3.46. The first-order chi connectivity index (χ1) is 6.75. The van der Waals surface area contributed by atoms with Crippen LogP contribution in [0.1, 0.15) is 13.3 Å². The van der Waals surface area contributed by atoms with Crippen LogP contribution in [0.3, 0.4) is 0 Å². The second kappa shape index (κ2) is 4.36. The quantitative estimate of drug-likeness (QED) is 0.838. The molecule has 78 valence electrons. The molecule has 1 aromatic rings. The minimum atomic E-state index is 0.529. The molecule has 2 heterocycles. The Bertz CT molecular complexity index is 300. The largest absolute Gasteiger partial charge is 0.434 e. The molecule has 1 fully saturated rings. The summed E-state index contributed by atoms with van der Waals surface area (Å²) in [5.41, 5.74) is 0. The summed E-state index contributed by atoms with van der Waals surface area (Å²) < 4.78 is 6.34. The Morgan fingerprint density at radius 2 is 2.43 bits per heavy atom. The van der Waals surface area contributed by atoms with E-state index in [1.165, 1.54) is 6.42 Å². The first-order valence-corrected chi connectivity index (χ1v) is 5.78. The lowest BCUT2D eigenvalue weighted by molar-refractivity contribution is 0.513. The Hall–Kier alpha value is -0.480. The molecule has 0 aromatic carbocycles. The Balaban J connectivity index is 2.08. The van der Waals surface area contributed by atoms with Crippen molar-refractivity contribution >= 4 is 21.8 Å². The molecule has 3 nitrogen and oxygen atoms in total. The number of anilines is 1. The molecule has 0 saturated carbocycles. The van der Waals surface area contributed by atoms with Gasteiger partial charge in [0, 0.05) is 25.2 Å². The van der Waals surface area contributed by atoms with Gasteiger partial charge in [-0.3, -0.25) is 0 Å². The van der Waals surface area contributed by atoms with Gasteiger partial charge >= 0.3 is 0 Å². The molecule has 14 heavy (non-hydrogen) atoms. The van der Waals surface area contributed by atoms with Crippen LogP contribution in [-0.4, -0.2) is 25.7 Å². The molecule has 1 aromatic heterocycles. The average Bonchev–Trinajstić information content (AvgIpc) is 2.45. The standard InChI is InChI=1S/C10H15BrN2O/c1-8-7-13(6-2-5-12-8)10-4-3-9(11)14-10/h3-4,8,12H,2,5-7H2,1H3. The molecule has 1 N–H and O–H groups in total. The zero-order chi connectivity index (χ0) is 9.97. The highest BCUT2D eigenvalue weighted by Gasteiger charge is 2.16. The summed E-state index contributed by atoms with van der Waals surface area (Å²) in [4.78, 5) is 2.29. The van der Waals surface area contributed by atoms with Crippen molar-refractivity contribution in [3.63, 3.8) is 0 Å². The minimum Gasteiger partial charge on any atom is -0.434 e.